The molecule has 1 fully saturated rings. The van der Waals surface area contributed by atoms with Crippen molar-refractivity contribution in [2.24, 2.45) is 0 Å². The fraction of sp³-hybridized carbons (Fsp3) is 0.438. The molecule has 0 unspecified atom stereocenters. The van der Waals surface area contributed by atoms with Gasteiger partial charge in [0.25, 0.3) is 0 Å². The van der Waals surface area contributed by atoms with E-state index in [0.717, 1.165) is 30.7 Å². The standard InChI is InChI=1S/C16H19ClN4O2S/c1-11-4-5-12(7-14(11)17)21-10-19-20-16(21)24-9-15(22)18-8-13-3-2-6-23-13/h4-5,7,10,13H,2-3,6,8-9H2,1H3,(H,18,22)/t13-/m0/s1. The minimum Gasteiger partial charge on any atom is -0.376 e. The highest BCUT2D eigenvalue weighted by Gasteiger charge is 2.17. The van der Waals surface area contributed by atoms with E-state index in [9.17, 15) is 4.79 Å². The van der Waals surface area contributed by atoms with Crippen LogP contribution >= 0.6 is 23.4 Å². The summed E-state index contributed by atoms with van der Waals surface area (Å²) < 4.78 is 7.31. The average Bonchev–Trinajstić information content (AvgIpc) is 3.25. The highest BCUT2D eigenvalue weighted by molar-refractivity contribution is 7.99. The van der Waals surface area contributed by atoms with Crippen LogP contribution in [0.25, 0.3) is 5.69 Å². The molecular formula is C16H19ClN4O2S. The number of amides is 1. The number of nitrogens with zero attached hydrogens (tertiary/aromatic N) is 3. The van der Waals surface area contributed by atoms with E-state index in [4.69, 9.17) is 16.3 Å². The van der Waals surface area contributed by atoms with Crippen molar-refractivity contribution in [3.63, 3.8) is 0 Å². The Morgan fingerprint density at radius 2 is 2.42 bits per heavy atom. The molecule has 0 aliphatic carbocycles. The Morgan fingerprint density at radius 1 is 1.54 bits per heavy atom. The van der Waals surface area contributed by atoms with Crippen molar-refractivity contribution in [1.82, 2.24) is 20.1 Å². The van der Waals surface area contributed by atoms with E-state index in [1.165, 1.54) is 11.8 Å². The van der Waals surface area contributed by atoms with Gasteiger partial charge in [-0.05, 0) is 37.5 Å². The molecular weight excluding hydrogens is 348 g/mol. The third-order valence-corrected chi connectivity index (χ3v) is 5.18. The Balaban J connectivity index is 1.57. The molecule has 128 valence electrons. The Morgan fingerprint density at radius 3 is 3.17 bits per heavy atom. The van der Waals surface area contributed by atoms with Gasteiger partial charge in [0.05, 0.1) is 17.5 Å². The van der Waals surface area contributed by atoms with Gasteiger partial charge in [-0.2, -0.15) is 0 Å². The van der Waals surface area contributed by atoms with E-state index in [1.807, 2.05) is 29.7 Å². The lowest BCUT2D eigenvalue weighted by Gasteiger charge is -2.11. The lowest BCUT2D eigenvalue weighted by molar-refractivity contribution is -0.119. The Labute approximate surface area is 149 Å². The summed E-state index contributed by atoms with van der Waals surface area (Å²) in [5, 5.41) is 12.3. The van der Waals surface area contributed by atoms with Gasteiger partial charge < -0.3 is 10.1 Å². The third kappa shape index (κ3) is 4.28. The molecule has 3 rings (SSSR count). The van der Waals surface area contributed by atoms with Crippen molar-refractivity contribution in [3.05, 3.63) is 35.1 Å². The molecule has 1 N–H and O–H groups in total. The average molecular weight is 367 g/mol. The lowest BCUT2D eigenvalue weighted by atomic mass is 10.2. The second kappa shape index (κ2) is 8.00. The quantitative estimate of drug-likeness (QED) is 0.796. The molecule has 8 heteroatoms. The number of aryl methyl sites for hydroxylation is 1. The van der Waals surface area contributed by atoms with Gasteiger partial charge in [0.15, 0.2) is 5.16 Å². The van der Waals surface area contributed by atoms with Crippen molar-refractivity contribution < 1.29 is 9.53 Å². The number of hydrogen-bond acceptors (Lipinski definition) is 5. The minimum atomic E-state index is -0.0352. The fourth-order valence-electron chi connectivity index (χ4n) is 2.45. The van der Waals surface area contributed by atoms with Crippen LogP contribution in [0.5, 0.6) is 0 Å². The summed E-state index contributed by atoms with van der Waals surface area (Å²) in [6.45, 7) is 3.31. The molecule has 1 saturated heterocycles. The molecule has 1 aliphatic heterocycles. The maximum Gasteiger partial charge on any atom is 0.230 e. The lowest BCUT2D eigenvalue weighted by Crippen LogP contribution is -2.32. The van der Waals surface area contributed by atoms with Crippen molar-refractivity contribution in [3.8, 4) is 5.69 Å². The van der Waals surface area contributed by atoms with Crippen molar-refractivity contribution in [2.75, 3.05) is 18.9 Å². The molecule has 1 atom stereocenters. The zero-order valence-electron chi connectivity index (χ0n) is 13.4. The first-order valence-electron chi connectivity index (χ1n) is 7.81. The van der Waals surface area contributed by atoms with Crippen LogP contribution in [-0.4, -0.2) is 45.7 Å². The summed E-state index contributed by atoms with van der Waals surface area (Å²) in [4.78, 5) is 12.0. The number of hydrogen-bond donors (Lipinski definition) is 1. The largest absolute Gasteiger partial charge is 0.376 e. The van der Waals surface area contributed by atoms with Crippen molar-refractivity contribution >= 4 is 29.3 Å². The number of rotatable bonds is 6. The minimum absolute atomic E-state index is 0.0352. The first-order chi connectivity index (χ1) is 11.6. The number of carbonyl (C=O) groups excluding carboxylic acids is 1. The smallest absolute Gasteiger partial charge is 0.230 e. The van der Waals surface area contributed by atoms with Crippen LogP contribution in [0.3, 0.4) is 0 Å². The molecule has 0 saturated carbocycles. The summed E-state index contributed by atoms with van der Waals surface area (Å²) in [5.41, 5.74) is 1.88. The van der Waals surface area contributed by atoms with E-state index in [2.05, 4.69) is 15.5 Å². The normalized spacial score (nSPS) is 17.2. The van der Waals surface area contributed by atoms with Crippen LogP contribution in [0, 0.1) is 6.92 Å². The number of halogens is 1. The Bertz CT molecular complexity index is 716. The molecule has 0 spiro atoms. The SMILES string of the molecule is Cc1ccc(-n2cnnc2SCC(=O)NC[C@@H]2CCCO2)cc1Cl. The molecule has 0 bridgehead atoms. The summed E-state index contributed by atoms with van der Waals surface area (Å²) in [6.07, 6.45) is 3.85. The molecule has 1 amide bonds. The molecule has 1 aliphatic rings. The van der Waals surface area contributed by atoms with Crippen molar-refractivity contribution in [2.45, 2.75) is 31.0 Å². The van der Waals surface area contributed by atoms with Gasteiger partial charge in [-0.3, -0.25) is 9.36 Å². The van der Waals surface area contributed by atoms with Crippen LogP contribution < -0.4 is 5.32 Å². The first kappa shape index (κ1) is 17.3. The van der Waals surface area contributed by atoms with Gasteiger partial charge in [-0.1, -0.05) is 29.4 Å². The molecule has 1 aromatic heterocycles. The fourth-order valence-corrected chi connectivity index (χ4v) is 3.38. The van der Waals surface area contributed by atoms with E-state index in [0.29, 0.717) is 16.7 Å². The van der Waals surface area contributed by atoms with Crippen LogP contribution in [0.2, 0.25) is 5.02 Å². The summed E-state index contributed by atoms with van der Waals surface area (Å²) >= 11 is 7.52. The van der Waals surface area contributed by atoms with Crippen LogP contribution in [0.15, 0.2) is 29.7 Å². The van der Waals surface area contributed by atoms with E-state index >= 15 is 0 Å². The van der Waals surface area contributed by atoms with Crippen LogP contribution in [0.4, 0.5) is 0 Å². The number of ether oxygens (including phenoxy) is 1. The van der Waals surface area contributed by atoms with Gasteiger partial charge >= 0.3 is 0 Å². The highest BCUT2D eigenvalue weighted by Crippen LogP contribution is 2.23. The summed E-state index contributed by atoms with van der Waals surface area (Å²) in [7, 11) is 0. The monoisotopic (exact) mass is 366 g/mol. The van der Waals surface area contributed by atoms with Gasteiger partial charge in [-0.15, -0.1) is 10.2 Å². The van der Waals surface area contributed by atoms with Gasteiger partial charge in [0, 0.05) is 18.2 Å². The molecule has 1 aromatic carbocycles. The van der Waals surface area contributed by atoms with Gasteiger partial charge in [0.2, 0.25) is 5.91 Å². The van der Waals surface area contributed by atoms with Gasteiger partial charge in [0.1, 0.15) is 6.33 Å². The van der Waals surface area contributed by atoms with Crippen LogP contribution in [-0.2, 0) is 9.53 Å². The second-order valence-electron chi connectivity index (χ2n) is 5.64. The molecule has 2 aromatic rings. The summed E-state index contributed by atoms with van der Waals surface area (Å²) in [6, 6.07) is 5.76. The van der Waals surface area contributed by atoms with Gasteiger partial charge in [-0.25, -0.2) is 0 Å². The molecule has 0 radical (unpaired) electrons. The van der Waals surface area contributed by atoms with E-state index in [1.54, 1.807) is 6.33 Å². The second-order valence-corrected chi connectivity index (χ2v) is 6.99. The third-order valence-electron chi connectivity index (χ3n) is 3.83. The zero-order chi connectivity index (χ0) is 16.9. The van der Waals surface area contributed by atoms with E-state index in [-0.39, 0.29) is 17.8 Å². The molecule has 24 heavy (non-hydrogen) atoms. The highest BCUT2D eigenvalue weighted by atomic mass is 35.5. The maximum absolute atomic E-state index is 12.0. The Kier molecular flexibility index (Phi) is 5.76. The Hall–Kier alpha value is -1.57. The molecule has 6 nitrogen and oxygen atoms in total. The predicted octanol–water partition coefficient (Wildman–Crippen LogP) is 2.62. The maximum atomic E-state index is 12.0. The summed E-state index contributed by atoms with van der Waals surface area (Å²) in [5.74, 6) is 0.248. The molecule has 2 heterocycles. The van der Waals surface area contributed by atoms with Crippen LogP contribution in [0.1, 0.15) is 18.4 Å². The number of thioether (sulfide) groups is 1. The van der Waals surface area contributed by atoms with Crippen molar-refractivity contribution in [1.29, 1.82) is 0 Å². The number of benzene rings is 1. The number of aromatic nitrogens is 3. The first-order valence-corrected chi connectivity index (χ1v) is 9.17. The van der Waals surface area contributed by atoms with E-state index < -0.39 is 0 Å². The zero-order valence-corrected chi connectivity index (χ0v) is 14.9. The topological polar surface area (TPSA) is 69.0 Å². The predicted molar refractivity (Wildman–Crippen MR) is 93.8 cm³/mol. The number of nitrogens with one attached hydrogen (secondary N) is 1. The number of carbonyl (C=O) groups is 1.